The Bertz CT molecular complexity index is 531. The molecule has 1 aromatic rings. The van der Waals surface area contributed by atoms with Crippen molar-refractivity contribution in [2.75, 3.05) is 26.2 Å². The van der Waals surface area contributed by atoms with Crippen molar-refractivity contribution in [3.8, 4) is 0 Å². The fraction of sp³-hybridized carbons (Fsp3) is 0.455. The van der Waals surface area contributed by atoms with E-state index in [0.29, 0.717) is 19.6 Å². The third kappa shape index (κ3) is 3.79. The molecule has 1 saturated heterocycles. The first-order valence-electron chi connectivity index (χ1n) is 5.68. The fourth-order valence-electron chi connectivity index (χ4n) is 1.88. The molecule has 1 fully saturated rings. The van der Waals surface area contributed by atoms with E-state index >= 15 is 0 Å². The maximum absolute atomic E-state index is 13.2. The van der Waals surface area contributed by atoms with E-state index < -0.39 is 15.8 Å². The molecular weight excluding hydrogens is 314 g/mol. The first-order chi connectivity index (χ1) is 8.51. The van der Waals surface area contributed by atoms with Gasteiger partial charge in [0, 0.05) is 19.6 Å². The van der Waals surface area contributed by atoms with Crippen LogP contribution >= 0.6 is 24.0 Å². The lowest BCUT2D eigenvalue weighted by Gasteiger charge is -2.20. The lowest BCUT2D eigenvalue weighted by atomic mass is 10.3. The average molecular weight is 329 g/mol. The summed E-state index contributed by atoms with van der Waals surface area (Å²) in [6, 6.07) is 3.38. The zero-order chi connectivity index (χ0) is 13.2. The topological polar surface area (TPSA) is 49.4 Å². The lowest BCUT2D eigenvalue weighted by molar-refractivity contribution is 0.431. The third-order valence-corrected chi connectivity index (χ3v) is 5.19. The first-order valence-corrected chi connectivity index (χ1v) is 7.49. The molecule has 0 radical (unpaired) electrons. The van der Waals surface area contributed by atoms with Crippen LogP contribution < -0.4 is 5.32 Å². The SMILES string of the molecule is Cl.O=S(=O)(c1cc(F)ccc1Cl)N1CCCNCC1. The standard InChI is InChI=1S/C11H14ClFN2O2S.ClH/c12-10-3-2-9(13)8-11(10)18(16,17)15-6-1-4-14-5-7-15;/h2-3,8,14H,1,4-7H2;1H. The van der Waals surface area contributed by atoms with E-state index in [4.69, 9.17) is 11.6 Å². The van der Waals surface area contributed by atoms with Crippen LogP contribution in [-0.2, 0) is 10.0 Å². The van der Waals surface area contributed by atoms with Crippen molar-refractivity contribution in [3.05, 3.63) is 29.0 Å². The van der Waals surface area contributed by atoms with Crippen LogP contribution in [0.3, 0.4) is 0 Å². The van der Waals surface area contributed by atoms with Gasteiger partial charge in [0.05, 0.1) is 5.02 Å². The summed E-state index contributed by atoms with van der Waals surface area (Å²) in [6.07, 6.45) is 0.728. The van der Waals surface area contributed by atoms with Crippen LogP contribution in [0.25, 0.3) is 0 Å². The highest BCUT2D eigenvalue weighted by molar-refractivity contribution is 7.89. The molecule has 2 rings (SSSR count). The zero-order valence-corrected chi connectivity index (χ0v) is 12.5. The molecule has 8 heteroatoms. The maximum atomic E-state index is 13.2. The Morgan fingerprint density at radius 1 is 1.26 bits per heavy atom. The molecule has 1 N–H and O–H groups in total. The summed E-state index contributed by atoms with van der Waals surface area (Å²) in [5.74, 6) is -0.606. The van der Waals surface area contributed by atoms with Crippen LogP contribution in [0.4, 0.5) is 4.39 Å². The predicted octanol–water partition coefficient (Wildman–Crippen LogP) is 1.88. The van der Waals surface area contributed by atoms with Gasteiger partial charge in [-0.1, -0.05) is 11.6 Å². The highest BCUT2D eigenvalue weighted by Crippen LogP contribution is 2.25. The predicted molar refractivity (Wildman–Crippen MR) is 74.9 cm³/mol. The van der Waals surface area contributed by atoms with Gasteiger partial charge in [-0.25, -0.2) is 12.8 Å². The van der Waals surface area contributed by atoms with Crippen molar-refractivity contribution < 1.29 is 12.8 Å². The van der Waals surface area contributed by atoms with E-state index in [1.807, 2.05) is 0 Å². The maximum Gasteiger partial charge on any atom is 0.244 e. The van der Waals surface area contributed by atoms with Gasteiger partial charge in [-0.2, -0.15) is 4.31 Å². The molecule has 1 aliphatic rings. The smallest absolute Gasteiger partial charge is 0.244 e. The molecule has 0 atom stereocenters. The van der Waals surface area contributed by atoms with E-state index in [-0.39, 0.29) is 22.3 Å². The second-order valence-electron chi connectivity index (χ2n) is 4.08. The monoisotopic (exact) mass is 328 g/mol. The van der Waals surface area contributed by atoms with Gasteiger partial charge in [0.15, 0.2) is 0 Å². The van der Waals surface area contributed by atoms with Crippen LogP contribution in [0, 0.1) is 5.82 Å². The molecule has 108 valence electrons. The van der Waals surface area contributed by atoms with E-state index in [1.165, 1.54) is 10.4 Å². The fourth-order valence-corrected chi connectivity index (χ4v) is 3.84. The van der Waals surface area contributed by atoms with Gasteiger partial charge in [-0.3, -0.25) is 0 Å². The molecule has 0 saturated carbocycles. The minimum absolute atomic E-state index is 0. The highest BCUT2D eigenvalue weighted by atomic mass is 35.5. The number of benzene rings is 1. The Balaban J connectivity index is 0.00000180. The number of nitrogens with one attached hydrogen (secondary N) is 1. The molecule has 0 spiro atoms. The average Bonchev–Trinajstić information content (AvgIpc) is 2.61. The highest BCUT2D eigenvalue weighted by Gasteiger charge is 2.27. The minimum Gasteiger partial charge on any atom is -0.315 e. The molecule has 1 aliphatic heterocycles. The second-order valence-corrected chi connectivity index (χ2v) is 6.40. The van der Waals surface area contributed by atoms with Crippen molar-refractivity contribution in [1.29, 1.82) is 0 Å². The van der Waals surface area contributed by atoms with Gasteiger partial charge in [0.1, 0.15) is 10.7 Å². The quantitative estimate of drug-likeness (QED) is 0.901. The number of rotatable bonds is 2. The zero-order valence-electron chi connectivity index (χ0n) is 10.1. The number of sulfonamides is 1. The summed E-state index contributed by atoms with van der Waals surface area (Å²) in [6.45, 7) is 2.16. The Kier molecular flexibility index (Phi) is 6.01. The van der Waals surface area contributed by atoms with Crippen molar-refractivity contribution in [2.45, 2.75) is 11.3 Å². The van der Waals surface area contributed by atoms with Gasteiger partial charge >= 0.3 is 0 Å². The lowest BCUT2D eigenvalue weighted by Crippen LogP contribution is -2.34. The van der Waals surface area contributed by atoms with Crippen molar-refractivity contribution in [3.63, 3.8) is 0 Å². The number of hydrogen-bond donors (Lipinski definition) is 1. The number of hydrogen-bond acceptors (Lipinski definition) is 3. The third-order valence-electron chi connectivity index (χ3n) is 2.81. The normalized spacial score (nSPS) is 17.6. The van der Waals surface area contributed by atoms with Gasteiger partial charge < -0.3 is 5.32 Å². The molecule has 0 aromatic heterocycles. The Hall–Kier alpha value is -0.400. The number of halogens is 3. The molecule has 1 aromatic carbocycles. The second kappa shape index (κ2) is 6.85. The molecule has 0 unspecified atom stereocenters. The van der Waals surface area contributed by atoms with Crippen LogP contribution in [0.2, 0.25) is 5.02 Å². The molecule has 0 amide bonds. The van der Waals surface area contributed by atoms with E-state index in [9.17, 15) is 12.8 Å². The summed E-state index contributed by atoms with van der Waals surface area (Å²) < 4.78 is 39.2. The van der Waals surface area contributed by atoms with Crippen LogP contribution in [0.15, 0.2) is 23.1 Å². The molecule has 1 heterocycles. The van der Waals surface area contributed by atoms with Crippen LogP contribution in [-0.4, -0.2) is 38.9 Å². The van der Waals surface area contributed by atoms with E-state index in [1.54, 1.807) is 0 Å². The van der Waals surface area contributed by atoms with Gasteiger partial charge in [-0.05, 0) is 31.2 Å². The van der Waals surface area contributed by atoms with Gasteiger partial charge in [-0.15, -0.1) is 12.4 Å². The Morgan fingerprint density at radius 2 is 2.00 bits per heavy atom. The Morgan fingerprint density at radius 3 is 2.74 bits per heavy atom. The van der Waals surface area contributed by atoms with Gasteiger partial charge in [0.25, 0.3) is 0 Å². The molecular formula is C11H15Cl2FN2O2S. The van der Waals surface area contributed by atoms with E-state index in [0.717, 1.165) is 25.1 Å². The first kappa shape index (κ1) is 16.7. The van der Waals surface area contributed by atoms with Crippen molar-refractivity contribution in [1.82, 2.24) is 9.62 Å². The minimum atomic E-state index is -3.72. The number of nitrogens with zero attached hydrogens (tertiary/aromatic N) is 1. The summed E-state index contributed by atoms with van der Waals surface area (Å²) in [4.78, 5) is -0.161. The summed E-state index contributed by atoms with van der Waals surface area (Å²) in [5, 5.41) is 3.16. The van der Waals surface area contributed by atoms with E-state index in [2.05, 4.69) is 5.32 Å². The molecule has 0 aliphatic carbocycles. The van der Waals surface area contributed by atoms with Gasteiger partial charge in [0.2, 0.25) is 10.0 Å². The van der Waals surface area contributed by atoms with Crippen LogP contribution in [0.5, 0.6) is 0 Å². The Labute approximate surface area is 123 Å². The van der Waals surface area contributed by atoms with Crippen LogP contribution in [0.1, 0.15) is 6.42 Å². The summed E-state index contributed by atoms with van der Waals surface area (Å²) in [5.41, 5.74) is 0. The summed E-state index contributed by atoms with van der Waals surface area (Å²) >= 11 is 5.85. The molecule has 19 heavy (non-hydrogen) atoms. The largest absolute Gasteiger partial charge is 0.315 e. The van der Waals surface area contributed by atoms with Crippen molar-refractivity contribution >= 4 is 34.0 Å². The van der Waals surface area contributed by atoms with Crippen molar-refractivity contribution in [2.24, 2.45) is 0 Å². The molecule has 4 nitrogen and oxygen atoms in total. The summed E-state index contributed by atoms with van der Waals surface area (Å²) in [7, 11) is -3.72. The molecule has 0 bridgehead atoms.